The Morgan fingerprint density at radius 1 is 1.00 bits per heavy atom. The molecule has 0 saturated carbocycles. The molecule has 0 radical (unpaired) electrons. The summed E-state index contributed by atoms with van der Waals surface area (Å²) in [7, 11) is -18.0. The van der Waals surface area contributed by atoms with Crippen LogP contribution in [0.15, 0.2) is 42.5 Å². The van der Waals surface area contributed by atoms with E-state index in [1.165, 1.54) is 13.1 Å². The second-order valence-corrected chi connectivity index (χ2v) is 18.2. The molecule has 1 fully saturated rings. The first-order valence-electron chi connectivity index (χ1n) is 9.56. The van der Waals surface area contributed by atoms with Crippen molar-refractivity contribution in [2.75, 3.05) is 25.6 Å². The van der Waals surface area contributed by atoms with Crippen LogP contribution < -0.4 is 29.6 Å². The number of benzene rings is 2. The van der Waals surface area contributed by atoms with E-state index in [-0.39, 0.29) is 29.6 Å². The van der Waals surface area contributed by atoms with Crippen LogP contribution in [0.2, 0.25) is 13.1 Å². The summed E-state index contributed by atoms with van der Waals surface area (Å²) in [6.45, 7) is 1.10. The fraction of sp³-hybridized carbons (Fsp3) is 0.444. The molecule has 2 aromatic carbocycles. The van der Waals surface area contributed by atoms with E-state index in [1.807, 2.05) is 0 Å². The molecule has 1 heterocycles. The van der Waals surface area contributed by atoms with Crippen LogP contribution in [0, 0.1) is 0 Å². The minimum atomic E-state index is -4.81. The largest absolute Gasteiger partial charge is 1.00 e. The third-order valence-corrected chi connectivity index (χ3v) is 17.5. The Kier molecular flexibility index (Phi) is 9.00. The third-order valence-electron chi connectivity index (χ3n) is 5.39. The van der Waals surface area contributed by atoms with Gasteiger partial charge < -0.3 is 4.43 Å². The van der Waals surface area contributed by atoms with Crippen LogP contribution in [0.3, 0.4) is 0 Å². The van der Waals surface area contributed by atoms with Gasteiger partial charge in [-0.05, 0) is 29.4 Å². The molecule has 33 heavy (non-hydrogen) atoms. The molecule has 1 aliphatic rings. The third kappa shape index (κ3) is 5.72. The molecule has 0 bridgehead atoms. The van der Waals surface area contributed by atoms with Gasteiger partial charge in [-0.25, -0.2) is 0 Å². The Morgan fingerprint density at radius 2 is 1.55 bits per heavy atom. The topological polar surface area (TPSA) is 150 Å². The first kappa shape index (κ1) is 28.8. The number of hydrogen-bond donors (Lipinski definition) is 1. The summed E-state index contributed by atoms with van der Waals surface area (Å²) in [4.78, 5) is 0. The van der Waals surface area contributed by atoms with Gasteiger partial charge in [-0.3, -0.25) is 12.9 Å². The van der Waals surface area contributed by atoms with Gasteiger partial charge in [0.25, 0.3) is 30.4 Å². The first-order valence-corrected chi connectivity index (χ1v) is 16.9. The van der Waals surface area contributed by atoms with Crippen LogP contribution in [0.4, 0.5) is 0 Å². The predicted molar refractivity (Wildman–Crippen MR) is 120 cm³/mol. The van der Waals surface area contributed by atoms with Crippen molar-refractivity contribution >= 4 is 49.4 Å². The van der Waals surface area contributed by atoms with Gasteiger partial charge in [-0.2, -0.15) is 25.3 Å². The van der Waals surface area contributed by atoms with Crippen molar-refractivity contribution < 1.29 is 72.2 Å². The molecule has 1 aliphatic heterocycles. The van der Waals surface area contributed by atoms with Crippen LogP contribution in [-0.4, -0.2) is 67.4 Å². The Hall–Kier alpha value is -0.393. The SMILES string of the molecule is C[Si](C)(OCCS(=O)(=O)O)C1(Cc2cccc3ccccc23)S(=O)(=O)OCCOS1(=O)=O.[Na+]. The number of rotatable bonds is 7. The van der Waals surface area contributed by atoms with Crippen LogP contribution >= 0.6 is 0 Å². The zero-order chi connectivity index (χ0) is 23.8. The van der Waals surface area contributed by atoms with Crippen molar-refractivity contribution in [2.24, 2.45) is 0 Å². The number of hydrogen-bond acceptors (Lipinski definition) is 9. The normalized spacial score (nSPS) is 20.0. The van der Waals surface area contributed by atoms with Gasteiger partial charge in [0.15, 0.2) is 0 Å². The average Bonchev–Trinajstić information content (AvgIpc) is 2.76. The van der Waals surface area contributed by atoms with Gasteiger partial charge in [-0.15, -0.1) is 0 Å². The summed E-state index contributed by atoms with van der Waals surface area (Å²) in [6.07, 6.45) is -0.524. The molecule has 15 heteroatoms. The zero-order valence-electron chi connectivity index (χ0n) is 18.4. The second-order valence-electron chi connectivity index (χ2n) is 7.76. The van der Waals surface area contributed by atoms with E-state index in [4.69, 9.17) is 17.3 Å². The fourth-order valence-corrected chi connectivity index (χ4v) is 14.1. The van der Waals surface area contributed by atoms with Crippen LogP contribution in [-0.2, 0) is 49.6 Å². The van der Waals surface area contributed by atoms with E-state index in [0.29, 0.717) is 10.9 Å². The maximum atomic E-state index is 13.4. The van der Waals surface area contributed by atoms with Crippen LogP contribution in [0.25, 0.3) is 10.8 Å². The van der Waals surface area contributed by atoms with Crippen LogP contribution in [0.5, 0.6) is 0 Å². The van der Waals surface area contributed by atoms with Gasteiger partial charge >= 0.3 is 29.6 Å². The number of fused-ring (bicyclic) bond motifs is 1. The molecule has 0 amide bonds. The van der Waals surface area contributed by atoms with Crippen molar-refractivity contribution in [1.29, 1.82) is 0 Å². The monoisotopic (exact) mass is 547 g/mol. The molecular weight excluding hydrogens is 523 g/mol. The zero-order valence-corrected chi connectivity index (χ0v) is 23.9. The average molecular weight is 548 g/mol. The smallest absolute Gasteiger partial charge is 0.413 e. The van der Waals surface area contributed by atoms with Gasteiger partial charge in [0.1, 0.15) is 0 Å². The quantitative estimate of drug-likeness (QED) is 0.245. The molecule has 1 N–H and O–H groups in total. The van der Waals surface area contributed by atoms with Crippen molar-refractivity contribution in [1.82, 2.24) is 0 Å². The molecule has 3 rings (SSSR count). The van der Waals surface area contributed by atoms with E-state index in [2.05, 4.69) is 0 Å². The van der Waals surface area contributed by atoms with Crippen LogP contribution in [0.1, 0.15) is 5.56 Å². The van der Waals surface area contributed by atoms with Crippen molar-refractivity contribution in [3.63, 3.8) is 0 Å². The van der Waals surface area contributed by atoms with Gasteiger partial charge in [-0.1, -0.05) is 42.5 Å². The molecule has 10 nitrogen and oxygen atoms in total. The Labute approximate surface area is 217 Å². The predicted octanol–water partition coefficient (Wildman–Crippen LogP) is -1.56. The van der Waals surface area contributed by atoms with Gasteiger partial charge in [0.05, 0.1) is 25.6 Å². The molecule has 0 aromatic heterocycles. The second kappa shape index (κ2) is 10.3. The summed E-state index contributed by atoms with van der Waals surface area (Å²) in [5, 5.41) is 1.42. The summed E-state index contributed by atoms with van der Waals surface area (Å²) >= 11 is 0. The molecular formula is C18H24NaO10S3Si+. The Morgan fingerprint density at radius 3 is 2.12 bits per heavy atom. The molecule has 0 aliphatic carbocycles. The van der Waals surface area contributed by atoms with E-state index in [0.717, 1.165) is 5.39 Å². The minimum absolute atomic E-state index is 0. The molecule has 0 unspecified atom stereocenters. The maximum absolute atomic E-state index is 13.4. The summed E-state index contributed by atoms with van der Waals surface area (Å²) < 4.78 is 97.9. The van der Waals surface area contributed by atoms with E-state index >= 15 is 0 Å². The molecule has 0 atom stereocenters. The molecule has 178 valence electrons. The van der Waals surface area contributed by atoms with E-state index in [9.17, 15) is 25.3 Å². The van der Waals surface area contributed by atoms with Crippen molar-refractivity contribution in [3.05, 3.63) is 48.0 Å². The summed E-state index contributed by atoms with van der Waals surface area (Å²) in [5.41, 5.74) is 0.420. The molecule has 1 saturated heterocycles. The van der Waals surface area contributed by atoms with Crippen molar-refractivity contribution in [3.8, 4) is 0 Å². The molecule has 0 spiro atoms. The van der Waals surface area contributed by atoms with E-state index < -0.39 is 74.4 Å². The fourth-order valence-electron chi connectivity index (χ4n) is 3.80. The molecule has 2 aromatic rings. The maximum Gasteiger partial charge on any atom is 1.00 e. The van der Waals surface area contributed by atoms with Gasteiger partial charge in [0, 0.05) is 6.42 Å². The Bertz CT molecular complexity index is 1280. The Balaban J connectivity index is 0.00000385. The summed E-state index contributed by atoms with van der Waals surface area (Å²) in [5.74, 6) is -0.824. The minimum Gasteiger partial charge on any atom is -0.413 e. The van der Waals surface area contributed by atoms with Crippen molar-refractivity contribution in [2.45, 2.75) is 23.2 Å². The first-order chi connectivity index (χ1) is 14.7. The van der Waals surface area contributed by atoms with Gasteiger partial charge in [0.2, 0.25) is 12.0 Å². The summed E-state index contributed by atoms with van der Waals surface area (Å²) in [6, 6.07) is 12.2. The standard InChI is InChI=1S/C18H24O10S3Si.Na/c1-32(2,28-12-13-29(19,20)21)18(30(22,23)26-10-11-27-31(18,24)25)14-16-8-5-7-15-6-3-4-9-17(15)16;/h3-9H,10-14H2,1-2H3,(H,19,20,21);/q;+1. The van der Waals surface area contributed by atoms with E-state index in [1.54, 1.807) is 42.5 Å².